The predicted molar refractivity (Wildman–Crippen MR) is 138 cm³/mol. The first-order chi connectivity index (χ1) is 17.1. The second-order valence-corrected chi connectivity index (χ2v) is 12.5. The summed E-state index contributed by atoms with van der Waals surface area (Å²) < 4.78 is 61.2. The summed E-state index contributed by atoms with van der Waals surface area (Å²) >= 11 is 12.1. The fraction of sp³-hybridized carbons (Fsp3) is 0.174. The van der Waals surface area contributed by atoms with Gasteiger partial charge < -0.3 is 9.72 Å². The summed E-state index contributed by atoms with van der Waals surface area (Å²) in [6.45, 7) is 1.26. The lowest BCUT2D eigenvalue weighted by molar-refractivity contribution is 0.0730. The second-order valence-electron chi connectivity index (χ2n) is 8.03. The van der Waals surface area contributed by atoms with Crippen LogP contribution in [0.15, 0.2) is 70.5 Å². The zero-order valence-corrected chi connectivity index (χ0v) is 21.8. The van der Waals surface area contributed by atoms with E-state index in [1.807, 2.05) is 0 Å². The minimum Gasteiger partial charge on any atom is -0.379 e. The topological polar surface area (TPSA) is 121 Å². The minimum atomic E-state index is -3.93. The van der Waals surface area contributed by atoms with Crippen molar-refractivity contribution in [2.75, 3.05) is 31.0 Å². The Morgan fingerprint density at radius 2 is 1.53 bits per heavy atom. The maximum Gasteiger partial charge on any atom is 0.261 e. The zero-order chi connectivity index (χ0) is 25.5. The van der Waals surface area contributed by atoms with Crippen LogP contribution >= 0.6 is 23.2 Å². The smallest absolute Gasteiger partial charge is 0.261 e. The van der Waals surface area contributed by atoms with Crippen molar-refractivity contribution >= 4 is 60.0 Å². The number of hydrogen-bond acceptors (Lipinski definition) is 6. The fourth-order valence-electron chi connectivity index (χ4n) is 3.83. The van der Waals surface area contributed by atoms with E-state index < -0.39 is 20.0 Å². The van der Waals surface area contributed by atoms with E-state index in [1.54, 1.807) is 18.2 Å². The van der Waals surface area contributed by atoms with Crippen LogP contribution in [0.3, 0.4) is 0 Å². The Balaban J connectivity index is 1.52. The Morgan fingerprint density at radius 3 is 2.25 bits per heavy atom. The number of H-pyrrole nitrogens is 1. The maximum atomic E-state index is 13.1. The van der Waals surface area contributed by atoms with Gasteiger partial charge >= 0.3 is 0 Å². The van der Waals surface area contributed by atoms with Crippen molar-refractivity contribution in [3.05, 3.63) is 70.7 Å². The summed E-state index contributed by atoms with van der Waals surface area (Å²) in [7, 11) is -7.63. The number of sulfonamides is 2. The molecule has 0 radical (unpaired) electrons. The molecule has 2 N–H and O–H groups in total. The number of nitrogens with zero attached hydrogens (tertiary/aromatic N) is 2. The average Bonchev–Trinajstić information content (AvgIpc) is 3.29. The normalized spacial score (nSPS) is 15.3. The van der Waals surface area contributed by atoms with Gasteiger partial charge in [0.15, 0.2) is 0 Å². The van der Waals surface area contributed by atoms with Gasteiger partial charge in [-0.1, -0.05) is 23.2 Å². The highest BCUT2D eigenvalue weighted by molar-refractivity contribution is 7.92. The van der Waals surface area contributed by atoms with E-state index in [0.717, 1.165) is 0 Å². The van der Waals surface area contributed by atoms with E-state index in [2.05, 4.69) is 14.7 Å². The van der Waals surface area contributed by atoms with Crippen molar-refractivity contribution in [3.8, 4) is 11.4 Å². The van der Waals surface area contributed by atoms with Crippen LogP contribution < -0.4 is 4.72 Å². The Bertz CT molecular complexity index is 1650. The molecule has 0 amide bonds. The SMILES string of the molecule is O=S(=O)(Nc1ccc(Cl)cc1-c1nc2ccc(S(=O)(=O)N3CCOCC3)cc2[nH]1)c1ccc(Cl)cc1. The van der Waals surface area contributed by atoms with E-state index in [4.69, 9.17) is 27.9 Å². The van der Waals surface area contributed by atoms with Crippen molar-refractivity contribution in [2.24, 2.45) is 0 Å². The molecule has 0 bridgehead atoms. The van der Waals surface area contributed by atoms with E-state index >= 15 is 0 Å². The summed E-state index contributed by atoms with van der Waals surface area (Å²) in [6.07, 6.45) is 0. The summed E-state index contributed by atoms with van der Waals surface area (Å²) in [4.78, 5) is 7.80. The Labute approximate surface area is 218 Å². The Kier molecular flexibility index (Phi) is 6.70. The van der Waals surface area contributed by atoms with Crippen molar-refractivity contribution in [3.63, 3.8) is 0 Å². The summed E-state index contributed by atoms with van der Waals surface area (Å²) in [6, 6.07) is 15.1. The first-order valence-corrected chi connectivity index (χ1v) is 14.5. The number of benzene rings is 3. The lowest BCUT2D eigenvalue weighted by Crippen LogP contribution is -2.40. The molecule has 0 atom stereocenters. The monoisotopic (exact) mass is 566 g/mol. The van der Waals surface area contributed by atoms with Gasteiger partial charge in [-0.3, -0.25) is 4.72 Å². The molecule has 9 nitrogen and oxygen atoms in total. The molecule has 0 aliphatic carbocycles. The summed E-state index contributed by atoms with van der Waals surface area (Å²) in [5, 5.41) is 0.786. The van der Waals surface area contributed by atoms with Gasteiger partial charge in [0.1, 0.15) is 5.82 Å². The lowest BCUT2D eigenvalue weighted by Gasteiger charge is -2.25. The minimum absolute atomic E-state index is 0.0374. The average molecular weight is 567 g/mol. The molecule has 1 fully saturated rings. The molecule has 13 heteroatoms. The quantitative estimate of drug-likeness (QED) is 0.357. The Morgan fingerprint density at radius 1 is 0.861 bits per heavy atom. The fourth-order valence-corrected chi connectivity index (χ4v) is 6.64. The number of aromatic nitrogens is 2. The van der Waals surface area contributed by atoms with Crippen molar-refractivity contribution in [1.29, 1.82) is 0 Å². The summed E-state index contributed by atoms with van der Waals surface area (Å²) in [5.41, 5.74) is 1.63. The number of aromatic amines is 1. The molecule has 2 heterocycles. The predicted octanol–water partition coefficient (Wildman–Crippen LogP) is 4.36. The molecular weight excluding hydrogens is 547 g/mol. The second kappa shape index (κ2) is 9.66. The van der Waals surface area contributed by atoms with Crippen LogP contribution in [-0.2, 0) is 24.8 Å². The van der Waals surface area contributed by atoms with E-state index in [9.17, 15) is 16.8 Å². The third kappa shape index (κ3) is 4.95. The molecule has 1 aromatic heterocycles. The van der Waals surface area contributed by atoms with Gasteiger partial charge in [-0.15, -0.1) is 0 Å². The highest BCUT2D eigenvalue weighted by atomic mass is 35.5. The molecule has 1 saturated heterocycles. The molecular formula is C23H20Cl2N4O5S2. The molecule has 0 spiro atoms. The van der Waals surface area contributed by atoms with Crippen LogP contribution in [0.1, 0.15) is 0 Å². The molecule has 3 aromatic carbocycles. The lowest BCUT2D eigenvalue weighted by atomic mass is 10.2. The van der Waals surface area contributed by atoms with Crippen molar-refractivity contribution < 1.29 is 21.6 Å². The number of fused-ring (bicyclic) bond motifs is 1. The summed E-state index contributed by atoms with van der Waals surface area (Å²) in [5.74, 6) is 0.322. The number of ether oxygens (including phenoxy) is 1. The van der Waals surface area contributed by atoms with E-state index in [1.165, 1.54) is 46.8 Å². The highest BCUT2D eigenvalue weighted by Gasteiger charge is 2.27. The largest absolute Gasteiger partial charge is 0.379 e. The van der Waals surface area contributed by atoms with Gasteiger partial charge in [0.25, 0.3) is 10.0 Å². The van der Waals surface area contributed by atoms with Crippen LogP contribution in [-0.4, -0.2) is 57.4 Å². The molecule has 36 heavy (non-hydrogen) atoms. The van der Waals surface area contributed by atoms with Gasteiger partial charge in [0.05, 0.1) is 39.7 Å². The van der Waals surface area contributed by atoms with Crippen LogP contribution in [0.2, 0.25) is 10.0 Å². The number of imidazole rings is 1. The maximum absolute atomic E-state index is 13.1. The molecule has 1 aliphatic rings. The number of morpholine rings is 1. The van der Waals surface area contributed by atoms with Crippen LogP contribution in [0, 0.1) is 0 Å². The van der Waals surface area contributed by atoms with Gasteiger partial charge in [-0.25, -0.2) is 21.8 Å². The highest BCUT2D eigenvalue weighted by Crippen LogP contribution is 2.33. The molecule has 4 aromatic rings. The molecule has 5 rings (SSSR count). The molecule has 0 saturated carbocycles. The van der Waals surface area contributed by atoms with Gasteiger partial charge in [0.2, 0.25) is 10.0 Å². The zero-order valence-electron chi connectivity index (χ0n) is 18.6. The van der Waals surface area contributed by atoms with E-state index in [0.29, 0.717) is 45.7 Å². The first-order valence-electron chi connectivity index (χ1n) is 10.8. The van der Waals surface area contributed by atoms with Crippen molar-refractivity contribution in [1.82, 2.24) is 14.3 Å². The van der Waals surface area contributed by atoms with Gasteiger partial charge in [-0.2, -0.15) is 4.31 Å². The number of halogens is 2. The Hall–Kier alpha value is -2.67. The molecule has 188 valence electrons. The third-order valence-electron chi connectivity index (χ3n) is 5.67. The van der Waals surface area contributed by atoms with Crippen LogP contribution in [0.5, 0.6) is 0 Å². The van der Waals surface area contributed by atoms with Crippen molar-refractivity contribution in [2.45, 2.75) is 9.79 Å². The van der Waals surface area contributed by atoms with Gasteiger partial charge in [-0.05, 0) is 60.7 Å². The van der Waals surface area contributed by atoms with Gasteiger partial charge in [0, 0.05) is 28.7 Å². The van der Waals surface area contributed by atoms with E-state index in [-0.39, 0.29) is 28.6 Å². The third-order valence-corrected chi connectivity index (χ3v) is 9.43. The van der Waals surface area contributed by atoms with Crippen LogP contribution in [0.4, 0.5) is 5.69 Å². The number of nitrogens with one attached hydrogen (secondary N) is 2. The first kappa shape index (κ1) is 25.0. The molecule has 0 unspecified atom stereocenters. The number of anilines is 1. The molecule has 1 aliphatic heterocycles. The standard InChI is InChI=1S/C23H20Cl2N4O5S2/c24-15-1-4-17(5-2-15)35(30,31)28-20-7-3-16(25)13-19(20)23-26-21-8-6-18(14-22(21)27-23)36(32,33)29-9-11-34-12-10-29/h1-8,13-14,28H,9-12H2,(H,26,27). The number of hydrogen-bond donors (Lipinski definition) is 2. The van der Waals surface area contributed by atoms with Crippen LogP contribution in [0.25, 0.3) is 22.4 Å². The number of rotatable bonds is 6.